The second-order valence-corrected chi connectivity index (χ2v) is 8.29. The third-order valence-electron chi connectivity index (χ3n) is 4.73. The Balaban J connectivity index is 1.87. The molecule has 1 N–H and O–H groups in total. The number of carbonyl (C=O) groups is 1. The van der Waals surface area contributed by atoms with E-state index in [1.54, 1.807) is 0 Å². The van der Waals surface area contributed by atoms with Crippen molar-refractivity contribution in [1.82, 2.24) is 5.16 Å². The monoisotopic (exact) mass is 412 g/mol. The fourth-order valence-corrected chi connectivity index (χ4v) is 3.66. The summed E-state index contributed by atoms with van der Waals surface area (Å²) >= 11 is 3.06. The molecule has 1 heterocycles. The van der Waals surface area contributed by atoms with Gasteiger partial charge in [-0.3, -0.25) is 4.79 Å². The molecule has 0 spiro atoms. The number of hydrogen-bond acceptors (Lipinski definition) is 3. The van der Waals surface area contributed by atoms with E-state index in [0.717, 1.165) is 24.5 Å². The molecule has 1 aliphatic carbocycles. The first-order valence-electron chi connectivity index (χ1n) is 8.10. The lowest BCUT2D eigenvalue weighted by molar-refractivity contribution is 0.101. The van der Waals surface area contributed by atoms with E-state index in [1.807, 2.05) is 0 Å². The van der Waals surface area contributed by atoms with Crippen molar-refractivity contribution in [1.29, 1.82) is 0 Å². The van der Waals surface area contributed by atoms with Crippen molar-refractivity contribution in [2.24, 2.45) is 11.3 Å². The first kappa shape index (κ1) is 18.0. The quantitative estimate of drug-likeness (QED) is 0.744. The predicted molar refractivity (Wildman–Crippen MR) is 93.5 cm³/mol. The summed E-state index contributed by atoms with van der Waals surface area (Å²) in [7, 11) is 0. The standard InChI is InChI=1S/C18H19BrF2N2O2/c1-18(2,3)9-4-5-14-11(6-9)15(23-25-14)17(24)22-16-12(19)7-10(20)8-13(16)21/h7-9H,4-6H2,1-3H3,(H,22,24)/t9-/m1/s1. The minimum Gasteiger partial charge on any atom is -0.360 e. The van der Waals surface area contributed by atoms with Crippen molar-refractivity contribution in [3.63, 3.8) is 0 Å². The number of anilines is 1. The maximum Gasteiger partial charge on any atom is 0.278 e. The highest BCUT2D eigenvalue weighted by molar-refractivity contribution is 9.10. The van der Waals surface area contributed by atoms with Gasteiger partial charge in [-0.05, 0) is 46.2 Å². The van der Waals surface area contributed by atoms with Gasteiger partial charge in [0.05, 0.1) is 5.69 Å². The van der Waals surface area contributed by atoms with Crippen LogP contribution in [0.5, 0.6) is 0 Å². The summed E-state index contributed by atoms with van der Waals surface area (Å²) in [6.45, 7) is 6.50. The normalized spacial score (nSPS) is 17.3. The molecule has 0 fully saturated rings. The summed E-state index contributed by atoms with van der Waals surface area (Å²) < 4.78 is 32.6. The molecular formula is C18H19BrF2N2O2. The Labute approximate surface area is 153 Å². The highest BCUT2D eigenvalue weighted by Gasteiger charge is 2.34. The third-order valence-corrected chi connectivity index (χ3v) is 5.35. The van der Waals surface area contributed by atoms with E-state index >= 15 is 0 Å². The van der Waals surface area contributed by atoms with Gasteiger partial charge >= 0.3 is 0 Å². The maximum atomic E-state index is 13.9. The summed E-state index contributed by atoms with van der Waals surface area (Å²) in [5.74, 6) is -1.03. The molecule has 1 aliphatic rings. The van der Waals surface area contributed by atoms with E-state index in [0.29, 0.717) is 24.2 Å². The van der Waals surface area contributed by atoms with E-state index < -0.39 is 17.5 Å². The van der Waals surface area contributed by atoms with Crippen LogP contribution in [-0.2, 0) is 12.8 Å². The van der Waals surface area contributed by atoms with Gasteiger partial charge in [0.25, 0.3) is 5.91 Å². The number of benzene rings is 1. The van der Waals surface area contributed by atoms with Crippen LogP contribution in [0.2, 0.25) is 0 Å². The summed E-state index contributed by atoms with van der Waals surface area (Å²) in [4.78, 5) is 12.6. The molecule has 1 aromatic carbocycles. The number of fused-ring (bicyclic) bond motifs is 1. The van der Waals surface area contributed by atoms with Crippen LogP contribution in [-0.4, -0.2) is 11.1 Å². The zero-order valence-electron chi connectivity index (χ0n) is 14.3. The number of nitrogens with zero attached hydrogens (tertiary/aromatic N) is 1. The van der Waals surface area contributed by atoms with Crippen LogP contribution in [0.1, 0.15) is 49.0 Å². The number of aryl methyl sites for hydroxylation is 1. The van der Waals surface area contributed by atoms with Gasteiger partial charge in [0.2, 0.25) is 0 Å². The lowest BCUT2D eigenvalue weighted by Crippen LogP contribution is -2.27. The summed E-state index contributed by atoms with van der Waals surface area (Å²) in [5, 5.41) is 6.35. The van der Waals surface area contributed by atoms with E-state index in [2.05, 4.69) is 47.2 Å². The van der Waals surface area contributed by atoms with E-state index in [-0.39, 0.29) is 21.3 Å². The van der Waals surface area contributed by atoms with Gasteiger partial charge < -0.3 is 9.84 Å². The largest absolute Gasteiger partial charge is 0.360 e. The molecule has 0 unspecified atom stereocenters. The topological polar surface area (TPSA) is 55.1 Å². The number of carbonyl (C=O) groups excluding carboxylic acids is 1. The van der Waals surface area contributed by atoms with Crippen LogP contribution in [0.3, 0.4) is 0 Å². The molecule has 1 amide bonds. The van der Waals surface area contributed by atoms with Crippen LogP contribution in [0, 0.1) is 23.0 Å². The fraction of sp³-hybridized carbons (Fsp3) is 0.444. The van der Waals surface area contributed by atoms with E-state index in [9.17, 15) is 13.6 Å². The van der Waals surface area contributed by atoms with Crippen LogP contribution in [0.4, 0.5) is 14.5 Å². The number of halogens is 3. The van der Waals surface area contributed by atoms with Crippen molar-refractivity contribution in [3.05, 3.63) is 45.3 Å². The van der Waals surface area contributed by atoms with Gasteiger partial charge in [0.15, 0.2) is 11.5 Å². The first-order chi connectivity index (χ1) is 11.7. The Morgan fingerprint density at radius 3 is 2.72 bits per heavy atom. The number of hydrogen-bond donors (Lipinski definition) is 1. The molecule has 134 valence electrons. The lowest BCUT2D eigenvalue weighted by Gasteiger charge is -2.33. The van der Waals surface area contributed by atoms with Crippen molar-refractivity contribution < 1.29 is 18.1 Å². The minimum atomic E-state index is -0.856. The molecule has 3 rings (SSSR count). The molecule has 1 atom stereocenters. The van der Waals surface area contributed by atoms with Crippen LogP contribution >= 0.6 is 15.9 Å². The Bertz CT molecular complexity index is 804. The second kappa shape index (κ2) is 6.52. The van der Waals surface area contributed by atoms with Crippen molar-refractivity contribution in [3.8, 4) is 0 Å². The number of nitrogens with one attached hydrogen (secondary N) is 1. The minimum absolute atomic E-state index is 0.106. The number of aromatic nitrogens is 1. The summed E-state index contributed by atoms with van der Waals surface area (Å²) in [6.07, 6.45) is 2.40. The Morgan fingerprint density at radius 2 is 2.08 bits per heavy atom. The number of rotatable bonds is 2. The SMILES string of the molecule is CC(C)(C)[C@@H]1CCc2onc(C(=O)Nc3c(F)cc(F)cc3Br)c2C1. The van der Waals surface area contributed by atoms with E-state index in [4.69, 9.17) is 4.52 Å². The zero-order valence-corrected chi connectivity index (χ0v) is 15.8. The van der Waals surface area contributed by atoms with Crippen molar-refractivity contribution in [2.45, 2.75) is 40.0 Å². The van der Waals surface area contributed by atoms with Gasteiger partial charge in [0.1, 0.15) is 11.6 Å². The van der Waals surface area contributed by atoms with Crippen LogP contribution in [0.15, 0.2) is 21.1 Å². The molecular weight excluding hydrogens is 394 g/mol. The zero-order chi connectivity index (χ0) is 18.4. The lowest BCUT2D eigenvalue weighted by atomic mass is 9.71. The smallest absolute Gasteiger partial charge is 0.278 e. The Morgan fingerprint density at radius 1 is 1.36 bits per heavy atom. The van der Waals surface area contributed by atoms with Gasteiger partial charge in [0, 0.05) is 22.5 Å². The third kappa shape index (κ3) is 3.61. The van der Waals surface area contributed by atoms with Crippen LogP contribution in [0.25, 0.3) is 0 Å². The highest BCUT2D eigenvalue weighted by atomic mass is 79.9. The molecule has 0 saturated heterocycles. The van der Waals surface area contributed by atoms with Gasteiger partial charge in [-0.25, -0.2) is 8.78 Å². The predicted octanol–water partition coefficient (Wildman–Crippen LogP) is 5.12. The molecule has 2 aromatic rings. The summed E-state index contributed by atoms with van der Waals surface area (Å²) in [6, 6.07) is 1.81. The molecule has 0 bridgehead atoms. The molecule has 0 aliphatic heterocycles. The van der Waals surface area contributed by atoms with E-state index in [1.165, 1.54) is 0 Å². The average Bonchev–Trinajstić information content (AvgIpc) is 2.93. The van der Waals surface area contributed by atoms with Gasteiger partial charge in [-0.2, -0.15) is 0 Å². The first-order valence-corrected chi connectivity index (χ1v) is 8.89. The Hall–Kier alpha value is -1.76. The fourth-order valence-electron chi connectivity index (χ4n) is 3.16. The summed E-state index contributed by atoms with van der Waals surface area (Å²) in [5.41, 5.74) is 0.933. The highest BCUT2D eigenvalue weighted by Crippen LogP contribution is 2.38. The Kier molecular flexibility index (Phi) is 4.70. The van der Waals surface area contributed by atoms with Crippen molar-refractivity contribution in [2.75, 3.05) is 5.32 Å². The average molecular weight is 413 g/mol. The molecule has 25 heavy (non-hydrogen) atoms. The maximum absolute atomic E-state index is 13.9. The number of amides is 1. The molecule has 4 nitrogen and oxygen atoms in total. The second-order valence-electron chi connectivity index (χ2n) is 7.44. The molecule has 1 aromatic heterocycles. The molecule has 7 heteroatoms. The van der Waals surface area contributed by atoms with Crippen molar-refractivity contribution >= 4 is 27.5 Å². The molecule has 0 radical (unpaired) electrons. The molecule has 0 saturated carbocycles. The van der Waals surface area contributed by atoms with Crippen LogP contribution < -0.4 is 5.32 Å². The van der Waals surface area contributed by atoms with Gasteiger partial charge in [-0.15, -0.1) is 0 Å². The van der Waals surface area contributed by atoms with Gasteiger partial charge in [-0.1, -0.05) is 25.9 Å².